The lowest BCUT2D eigenvalue weighted by molar-refractivity contribution is 0.181. The Hall–Kier alpha value is -0.0800. The Labute approximate surface area is 133 Å². The second kappa shape index (κ2) is 10.7. The van der Waals surface area contributed by atoms with Gasteiger partial charge in [0.1, 0.15) is 0 Å². The molecule has 0 aromatic carbocycles. The van der Waals surface area contributed by atoms with Crippen molar-refractivity contribution in [2.45, 2.75) is 20.3 Å². The van der Waals surface area contributed by atoms with Crippen LogP contribution in [0.5, 0.6) is 0 Å². The standard InChI is InChI=1S/C13H27N3O2.HI/c1-4-14-13(15-7-11(2)9-17)16(3)8-12-5-6-18-10-12;/h11-12,17H,4-10H2,1-3H3,(H,14,15);1H. The van der Waals surface area contributed by atoms with E-state index in [0.29, 0.717) is 12.5 Å². The van der Waals surface area contributed by atoms with Gasteiger partial charge in [-0.25, -0.2) is 0 Å². The molecule has 0 aliphatic carbocycles. The molecule has 0 radical (unpaired) electrons. The third kappa shape index (κ3) is 7.31. The molecule has 19 heavy (non-hydrogen) atoms. The number of ether oxygens (including phenoxy) is 1. The van der Waals surface area contributed by atoms with Gasteiger partial charge in [0.05, 0.1) is 6.61 Å². The zero-order valence-electron chi connectivity index (χ0n) is 12.3. The first-order valence-corrected chi connectivity index (χ1v) is 6.85. The van der Waals surface area contributed by atoms with E-state index in [1.165, 1.54) is 0 Å². The van der Waals surface area contributed by atoms with E-state index in [0.717, 1.165) is 38.7 Å². The maximum absolute atomic E-state index is 9.03. The fraction of sp³-hybridized carbons (Fsp3) is 0.923. The molecule has 1 saturated heterocycles. The van der Waals surface area contributed by atoms with Crippen molar-refractivity contribution in [2.24, 2.45) is 16.8 Å². The molecule has 1 rings (SSSR count). The van der Waals surface area contributed by atoms with Crippen LogP contribution in [-0.2, 0) is 4.74 Å². The van der Waals surface area contributed by atoms with Crippen molar-refractivity contribution < 1.29 is 9.84 Å². The molecule has 2 atom stereocenters. The third-order valence-electron chi connectivity index (χ3n) is 3.12. The van der Waals surface area contributed by atoms with Crippen LogP contribution in [0, 0.1) is 11.8 Å². The van der Waals surface area contributed by atoms with Gasteiger partial charge in [0, 0.05) is 45.8 Å². The molecule has 2 unspecified atom stereocenters. The first-order valence-electron chi connectivity index (χ1n) is 6.85. The Morgan fingerprint density at radius 2 is 2.32 bits per heavy atom. The van der Waals surface area contributed by atoms with Gasteiger partial charge < -0.3 is 20.1 Å². The van der Waals surface area contributed by atoms with Gasteiger partial charge in [-0.2, -0.15) is 0 Å². The molecule has 1 heterocycles. The van der Waals surface area contributed by atoms with Crippen LogP contribution in [0.3, 0.4) is 0 Å². The molecule has 1 aliphatic rings. The Kier molecular flexibility index (Phi) is 10.6. The van der Waals surface area contributed by atoms with Gasteiger partial charge in [0.2, 0.25) is 0 Å². The Morgan fingerprint density at radius 3 is 2.84 bits per heavy atom. The lowest BCUT2D eigenvalue weighted by Crippen LogP contribution is -2.41. The molecule has 0 aromatic rings. The van der Waals surface area contributed by atoms with E-state index in [2.05, 4.69) is 29.2 Å². The van der Waals surface area contributed by atoms with E-state index in [9.17, 15) is 0 Å². The number of nitrogens with one attached hydrogen (secondary N) is 1. The van der Waals surface area contributed by atoms with E-state index in [4.69, 9.17) is 9.84 Å². The highest BCUT2D eigenvalue weighted by atomic mass is 127. The van der Waals surface area contributed by atoms with Crippen molar-refractivity contribution in [2.75, 3.05) is 46.5 Å². The van der Waals surface area contributed by atoms with E-state index in [1.807, 2.05) is 6.92 Å². The lowest BCUT2D eigenvalue weighted by Gasteiger charge is -2.24. The number of halogens is 1. The first kappa shape index (κ1) is 18.9. The Balaban J connectivity index is 0.00000324. The lowest BCUT2D eigenvalue weighted by atomic mass is 10.1. The number of aliphatic hydroxyl groups excluding tert-OH is 1. The fourth-order valence-corrected chi connectivity index (χ4v) is 1.97. The third-order valence-corrected chi connectivity index (χ3v) is 3.12. The summed E-state index contributed by atoms with van der Waals surface area (Å²) >= 11 is 0. The van der Waals surface area contributed by atoms with Crippen LogP contribution in [-0.4, -0.2) is 62.5 Å². The van der Waals surface area contributed by atoms with Gasteiger partial charge in [-0.1, -0.05) is 6.92 Å². The quantitative estimate of drug-likeness (QED) is 0.410. The van der Waals surface area contributed by atoms with Crippen LogP contribution in [0.2, 0.25) is 0 Å². The number of aliphatic imine (C=N–C) groups is 1. The second-order valence-electron chi connectivity index (χ2n) is 5.09. The molecule has 0 spiro atoms. The number of nitrogens with zero attached hydrogens (tertiary/aromatic N) is 2. The average Bonchev–Trinajstić information content (AvgIpc) is 2.86. The highest BCUT2D eigenvalue weighted by Gasteiger charge is 2.19. The van der Waals surface area contributed by atoms with Crippen LogP contribution >= 0.6 is 24.0 Å². The van der Waals surface area contributed by atoms with Crippen LogP contribution in [0.1, 0.15) is 20.3 Å². The molecule has 1 fully saturated rings. The van der Waals surface area contributed by atoms with Gasteiger partial charge in [0.15, 0.2) is 5.96 Å². The molecule has 0 saturated carbocycles. The van der Waals surface area contributed by atoms with Gasteiger partial charge in [-0.05, 0) is 19.3 Å². The number of rotatable bonds is 6. The van der Waals surface area contributed by atoms with Gasteiger partial charge in [-0.3, -0.25) is 4.99 Å². The van der Waals surface area contributed by atoms with Gasteiger partial charge in [0.25, 0.3) is 0 Å². The van der Waals surface area contributed by atoms with Crippen molar-refractivity contribution in [3.05, 3.63) is 0 Å². The SMILES string of the molecule is CCNC(=NCC(C)CO)N(C)CC1CCOC1.I. The smallest absolute Gasteiger partial charge is 0.193 e. The minimum Gasteiger partial charge on any atom is -0.396 e. The number of guanidine groups is 1. The molecule has 0 bridgehead atoms. The summed E-state index contributed by atoms with van der Waals surface area (Å²) in [5, 5.41) is 12.3. The zero-order valence-corrected chi connectivity index (χ0v) is 14.6. The average molecular weight is 385 g/mol. The van der Waals surface area contributed by atoms with Crippen molar-refractivity contribution in [1.29, 1.82) is 0 Å². The zero-order chi connectivity index (χ0) is 13.4. The number of hydrogen-bond donors (Lipinski definition) is 2. The van der Waals surface area contributed by atoms with Crippen LogP contribution in [0.25, 0.3) is 0 Å². The van der Waals surface area contributed by atoms with E-state index >= 15 is 0 Å². The molecule has 5 nitrogen and oxygen atoms in total. The molecular weight excluding hydrogens is 357 g/mol. The maximum atomic E-state index is 9.03. The largest absolute Gasteiger partial charge is 0.396 e. The molecule has 114 valence electrons. The highest BCUT2D eigenvalue weighted by molar-refractivity contribution is 14.0. The molecule has 1 aliphatic heterocycles. The second-order valence-corrected chi connectivity index (χ2v) is 5.09. The van der Waals surface area contributed by atoms with Crippen molar-refractivity contribution >= 4 is 29.9 Å². The first-order chi connectivity index (χ1) is 8.67. The Bertz CT molecular complexity index is 258. The van der Waals surface area contributed by atoms with E-state index in [1.54, 1.807) is 0 Å². The van der Waals surface area contributed by atoms with Gasteiger partial charge in [-0.15, -0.1) is 24.0 Å². The summed E-state index contributed by atoms with van der Waals surface area (Å²) in [6.07, 6.45) is 1.14. The minimum atomic E-state index is 0. The molecule has 0 amide bonds. The minimum absolute atomic E-state index is 0. The predicted molar refractivity (Wildman–Crippen MR) is 89.2 cm³/mol. The van der Waals surface area contributed by atoms with E-state index in [-0.39, 0.29) is 36.5 Å². The maximum Gasteiger partial charge on any atom is 0.193 e. The molecule has 6 heteroatoms. The molecule has 2 N–H and O–H groups in total. The van der Waals surface area contributed by atoms with Crippen LogP contribution in [0.15, 0.2) is 4.99 Å². The predicted octanol–water partition coefficient (Wildman–Crippen LogP) is 1.17. The Morgan fingerprint density at radius 1 is 1.58 bits per heavy atom. The molecule has 0 aromatic heterocycles. The summed E-state index contributed by atoms with van der Waals surface area (Å²) in [6.45, 7) is 8.48. The topological polar surface area (TPSA) is 57.1 Å². The summed E-state index contributed by atoms with van der Waals surface area (Å²) in [4.78, 5) is 6.72. The fourth-order valence-electron chi connectivity index (χ4n) is 1.97. The van der Waals surface area contributed by atoms with Crippen LogP contribution < -0.4 is 5.32 Å². The number of aliphatic hydroxyl groups is 1. The summed E-state index contributed by atoms with van der Waals surface area (Å²) < 4.78 is 5.39. The normalized spacial score (nSPS) is 20.8. The summed E-state index contributed by atoms with van der Waals surface area (Å²) in [6, 6.07) is 0. The summed E-state index contributed by atoms with van der Waals surface area (Å²) in [5.41, 5.74) is 0. The van der Waals surface area contributed by atoms with Gasteiger partial charge >= 0.3 is 0 Å². The van der Waals surface area contributed by atoms with Crippen molar-refractivity contribution in [3.63, 3.8) is 0 Å². The highest BCUT2D eigenvalue weighted by Crippen LogP contribution is 2.13. The van der Waals surface area contributed by atoms with Crippen molar-refractivity contribution in [1.82, 2.24) is 10.2 Å². The summed E-state index contributed by atoms with van der Waals surface area (Å²) in [5.74, 6) is 1.74. The van der Waals surface area contributed by atoms with E-state index < -0.39 is 0 Å². The molecular formula is C13H28IN3O2. The monoisotopic (exact) mass is 385 g/mol. The van der Waals surface area contributed by atoms with Crippen LogP contribution in [0.4, 0.5) is 0 Å². The number of hydrogen-bond acceptors (Lipinski definition) is 3. The summed E-state index contributed by atoms with van der Waals surface area (Å²) in [7, 11) is 2.06. The van der Waals surface area contributed by atoms with Crippen molar-refractivity contribution in [3.8, 4) is 0 Å².